The van der Waals surface area contributed by atoms with Gasteiger partial charge in [0.2, 0.25) is 0 Å². The van der Waals surface area contributed by atoms with E-state index in [1.165, 1.54) is 0 Å². The van der Waals surface area contributed by atoms with Gasteiger partial charge in [-0.05, 0) is 36.4 Å². The molecule has 2 aromatic carbocycles. The number of fused-ring (bicyclic) bond motifs is 1. The molecule has 4 aromatic rings. The van der Waals surface area contributed by atoms with E-state index in [-0.39, 0.29) is 12.4 Å². The second-order valence-corrected chi connectivity index (χ2v) is 6.14. The minimum atomic E-state index is -0.0207. The fourth-order valence-corrected chi connectivity index (χ4v) is 3.04. The van der Waals surface area contributed by atoms with Crippen molar-refractivity contribution in [3.05, 3.63) is 107 Å². The molecule has 4 rings (SSSR count). The van der Waals surface area contributed by atoms with Crippen molar-refractivity contribution in [2.24, 2.45) is 0 Å². The van der Waals surface area contributed by atoms with Crippen LogP contribution in [-0.2, 0) is 6.61 Å². The molecule has 27 heavy (non-hydrogen) atoms. The van der Waals surface area contributed by atoms with E-state index in [1.54, 1.807) is 36.4 Å². The highest BCUT2D eigenvalue weighted by Crippen LogP contribution is 2.21. The summed E-state index contributed by atoms with van der Waals surface area (Å²) >= 11 is 0. The zero-order valence-electron chi connectivity index (χ0n) is 14.5. The number of ketones is 1. The van der Waals surface area contributed by atoms with Crippen LogP contribution in [0, 0.1) is 11.3 Å². The van der Waals surface area contributed by atoms with E-state index in [1.807, 2.05) is 53.2 Å². The molecule has 0 unspecified atom stereocenters. The Kier molecular flexibility index (Phi) is 4.42. The van der Waals surface area contributed by atoms with E-state index < -0.39 is 0 Å². The Bertz CT molecular complexity index is 1140. The summed E-state index contributed by atoms with van der Waals surface area (Å²) in [7, 11) is 0. The smallest absolute Gasteiger partial charge is 0.193 e. The van der Waals surface area contributed by atoms with Gasteiger partial charge in [0.25, 0.3) is 0 Å². The molecule has 2 heterocycles. The third kappa shape index (κ3) is 3.31. The number of benzene rings is 2. The third-order valence-electron chi connectivity index (χ3n) is 4.42. The fraction of sp³-hybridized carbons (Fsp3) is 0.0435. The topological polar surface area (TPSA) is 54.5 Å². The van der Waals surface area contributed by atoms with Gasteiger partial charge < -0.3 is 9.14 Å². The zero-order valence-corrected chi connectivity index (χ0v) is 14.5. The first-order chi connectivity index (χ1) is 13.3. The van der Waals surface area contributed by atoms with Gasteiger partial charge >= 0.3 is 0 Å². The number of carbonyl (C=O) groups is 1. The van der Waals surface area contributed by atoms with Gasteiger partial charge in [0.05, 0.1) is 11.1 Å². The summed E-state index contributed by atoms with van der Waals surface area (Å²) in [5.74, 6) is 0.631. The summed E-state index contributed by atoms with van der Waals surface area (Å²) in [5, 5.41) is 9.45. The Hall–Kier alpha value is -3.84. The molecule has 0 bridgehead atoms. The van der Waals surface area contributed by atoms with E-state index in [4.69, 9.17) is 4.74 Å². The molecule has 2 aromatic heterocycles. The number of aromatic nitrogens is 1. The van der Waals surface area contributed by atoms with Crippen LogP contribution in [-0.4, -0.2) is 10.2 Å². The molecule has 0 saturated heterocycles. The van der Waals surface area contributed by atoms with Gasteiger partial charge in [-0.2, -0.15) is 5.26 Å². The Morgan fingerprint density at radius 2 is 1.63 bits per heavy atom. The maximum atomic E-state index is 12.4. The number of nitrogens with zero attached hydrogens (tertiary/aromatic N) is 2. The maximum Gasteiger partial charge on any atom is 0.193 e. The molecular weight excluding hydrogens is 336 g/mol. The fourth-order valence-electron chi connectivity index (χ4n) is 3.04. The molecule has 0 amide bonds. The summed E-state index contributed by atoms with van der Waals surface area (Å²) in [6.07, 6.45) is 3.81. The highest BCUT2D eigenvalue weighted by atomic mass is 16.5. The van der Waals surface area contributed by atoms with Crippen molar-refractivity contribution in [2.45, 2.75) is 6.61 Å². The number of hydrogen-bond acceptors (Lipinski definition) is 3. The zero-order chi connectivity index (χ0) is 18.6. The minimum absolute atomic E-state index is 0.0207. The molecule has 0 aliphatic rings. The largest absolute Gasteiger partial charge is 0.489 e. The van der Waals surface area contributed by atoms with Crippen LogP contribution in [0.5, 0.6) is 5.75 Å². The molecule has 4 nitrogen and oxygen atoms in total. The van der Waals surface area contributed by atoms with Gasteiger partial charge in [0.15, 0.2) is 5.78 Å². The lowest BCUT2D eigenvalue weighted by Crippen LogP contribution is -2.01. The van der Waals surface area contributed by atoms with Gasteiger partial charge in [-0.15, -0.1) is 0 Å². The second-order valence-electron chi connectivity index (χ2n) is 6.14. The molecule has 0 N–H and O–H groups in total. The first kappa shape index (κ1) is 16.6. The summed E-state index contributed by atoms with van der Waals surface area (Å²) in [5.41, 5.74) is 3.58. The van der Waals surface area contributed by atoms with Crippen LogP contribution in [0.3, 0.4) is 0 Å². The third-order valence-corrected chi connectivity index (χ3v) is 4.42. The standard InChI is InChI=1S/C23H16N2O2/c24-14-21-19(15-25-13-5-4-8-22(21)25)16-27-20-11-9-18(10-12-20)23(26)17-6-2-1-3-7-17/h1-13,15H,16H2. The molecule has 4 heteroatoms. The van der Waals surface area contributed by atoms with Crippen LogP contribution in [0.2, 0.25) is 0 Å². The number of nitriles is 1. The lowest BCUT2D eigenvalue weighted by molar-refractivity contribution is 0.103. The molecule has 0 fully saturated rings. The van der Waals surface area contributed by atoms with Crippen LogP contribution in [0.1, 0.15) is 27.0 Å². The Labute approximate surface area is 156 Å². The molecule has 130 valence electrons. The summed E-state index contributed by atoms with van der Waals surface area (Å²) in [6, 6.07) is 24.2. The van der Waals surface area contributed by atoms with Crippen molar-refractivity contribution in [3.8, 4) is 11.8 Å². The summed E-state index contributed by atoms with van der Waals surface area (Å²) in [6.45, 7) is 0.288. The molecule has 0 saturated carbocycles. The van der Waals surface area contributed by atoms with Gasteiger partial charge in [0, 0.05) is 29.1 Å². The van der Waals surface area contributed by atoms with Crippen molar-refractivity contribution in [2.75, 3.05) is 0 Å². The van der Waals surface area contributed by atoms with E-state index in [0.29, 0.717) is 22.4 Å². The Balaban J connectivity index is 1.50. The summed E-state index contributed by atoms with van der Waals surface area (Å²) in [4.78, 5) is 12.4. The maximum absolute atomic E-state index is 12.4. The first-order valence-electron chi connectivity index (χ1n) is 8.57. The average molecular weight is 352 g/mol. The number of ether oxygens (including phenoxy) is 1. The lowest BCUT2D eigenvalue weighted by Gasteiger charge is -2.06. The SMILES string of the molecule is N#Cc1c(COc2ccc(C(=O)c3ccccc3)cc2)cn2ccccc12. The second kappa shape index (κ2) is 7.19. The molecular formula is C23H16N2O2. The Morgan fingerprint density at radius 3 is 2.37 bits per heavy atom. The quantitative estimate of drug-likeness (QED) is 0.493. The van der Waals surface area contributed by atoms with E-state index >= 15 is 0 Å². The van der Waals surface area contributed by atoms with Crippen molar-refractivity contribution < 1.29 is 9.53 Å². The molecule has 0 aliphatic carbocycles. The predicted molar refractivity (Wildman–Crippen MR) is 103 cm³/mol. The van der Waals surface area contributed by atoms with Gasteiger partial charge in [-0.25, -0.2) is 0 Å². The molecule has 0 radical (unpaired) electrons. The molecule has 0 atom stereocenters. The van der Waals surface area contributed by atoms with Crippen molar-refractivity contribution in [1.82, 2.24) is 4.40 Å². The van der Waals surface area contributed by atoms with Crippen LogP contribution in [0.25, 0.3) is 5.52 Å². The average Bonchev–Trinajstić information content (AvgIpc) is 3.10. The van der Waals surface area contributed by atoms with Crippen LogP contribution >= 0.6 is 0 Å². The first-order valence-corrected chi connectivity index (χ1v) is 8.57. The van der Waals surface area contributed by atoms with E-state index in [2.05, 4.69) is 6.07 Å². The highest BCUT2D eigenvalue weighted by Gasteiger charge is 2.11. The van der Waals surface area contributed by atoms with Crippen molar-refractivity contribution in [1.29, 1.82) is 5.26 Å². The van der Waals surface area contributed by atoms with Crippen LogP contribution in [0.4, 0.5) is 0 Å². The van der Waals surface area contributed by atoms with E-state index in [0.717, 1.165) is 11.1 Å². The minimum Gasteiger partial charge on any atom is -0.489 e. The van der Waals surface area contributed by atoms with Gasteiger partial charge in [-0.1, -0.05) is 36.4 Å². The normalized spacial score (nSPS) is 10.5. The number of pyridine rings is 1. The van der Waals surface area contributed by atoms with Crippen LogP contribution in [0.15, 0.2) is 85.2 Å². The summed E-state index contributed by atoms with van der Waals surface area (Å²) < 4.78 is 7.74. The lowest BCUT2D eigenvalue weighted by atomic mass is 10.0. The van der Waals surface area contributed by atoms with E-state index in [9.17, 15) is 10.1 Å². The number of carbonyl (C=O) groups excluding carboxylic acids is 1. The predicted octanol–water partition coefficient (Wildman–Crippen LogP) is 4.62. The van der Waals surface area contributed by atoms with Crippen LogP contribution < -0.4 is 4.74 Å². The van der Waals surface area contributed by atoms with Crippen molar-refractivity contribution in [3.63, 3.8) is 0 Å². The monoisotopic (exact) mass is 352 g/mol. The van der Waals surface area contributed by atoms with Gasteiger partial charge in [-0.3, -0.25) is 4.79 Å². The number of rotatable bonds is 5. The molecule has 0 aliphatic heterocycles. The highest BCUT2D eigenvalue weighted by molar-refractivity contribution is 6.08. The van der Waals surface area contributed by atoms with Crippen molar-refractivity contribution >= 4 is 11.3 Å². The number of hydrogen-bond donors (Lipinski definition) is 0. The molecule has 0 spiro atoms. The van der Waals surface area contributed by atoms with Gasteiger partial charge in [0.1, 0.15) is 18.4 Å². The Morgan fingerprint density at radius 1 is 0.926 bits per heavy atom.